The first-order chi connectivity index (χ1) is 14.2. The van der Waals surface area contributed by atoms with Crippen LogP contribution in [0.25, 0.3) is 21.8 Å². The zero-order valence-electron chi connectivity index (χ0n) is 15.5. The molecule has 2 heterocycles. The molecule has 0 aliphatic heterocycles. The number of hydrogen-bond acceptors (Lipinski definition) is 4. The third-order valence-corrected chi connectivity index (χ3v) is 4.94. The van der Waals surface area contributed by atoms with Crippen molar-refractivity contribution in [2.75, 3.05) is 11.1 Å². The molecular formula is C23H18FN5. The van der Waals surface area contributed by atoms with E-state index in [-0.39, 0.29) is 5.82 Å². The summed E-state index contributed by atoms with van der Waals surface area (Å²) >= 11 is 0. The quantitative estimate of drug-likeness (QED) is 0.424. The third kappa shape index (κ3) is 3.36. The van der Waals surface area contributed by atoms with Crippen molar-refractivity contribution in [3.8, 4) is 0 Å². The van der Waals surface area contributed by atoms with E-state index in [1.807, 2.05) is 36.5 Å². The second-order valence-electron chi connectivity index (χ2n) is 6.97. The summed E-state index contributed by atoms with van der Waals surface area (Å²) in [5.41, 5.74) is 10.4. The lowest BCUT2D eigenvalue weighted by Gasteiger charge is -2.10. The highest BCUT2D eigenvalue weighted by atomic mass is 19.1. The number of halogens is 1. The summed E-state index contributed by atoms with van der Waals surface area (Å²) < 4.78 is 15.6. The summed E-state index contributed by atoms with van der Waals surface area (Å²) in [5.74, 6) is 0.490. The van der Waals surface area contributed by atoms with Gasteiger partial charge in [-0.15, -0.1) is 0 Å². The molecule has 5 nitrogen and oxygen atoms in total. The van der Waals surface area contributed by atoms with Crippen LogP contribution in [0.3, 0.4) is 0 Å². The van der Waals surface area contributed by atoms with Gasteiger partial charge in [-0.05, 0) is 60.2 Å². The van der Waals surface area contributed by atoms with Gasteiger partial charge in [-0.1, -0.05) is 12.1 Å². The Labute approximate surface area is 166 Å². The summed E-state index contributed by atoms with van der Waals surface area (Å²) in [5, 5.41) is 5.33. The van der Waals surface area contributed by atoms with Crippen LogP contribution in [0.4, 0.5) is 21.6 Å². The second-order valence-corrected chi connectivity index (χ2v) is 6.97. The van der Waals surface area contributed by atoms with Crippen molar-refractivity contribution in [3.63, 3.8) is 0 Å². The first kappa shape index (κ1) is 17.2. The molecule has 142 valence electrons. The molecule has 0 aliphatic carbocycles. The van der Waals surface area contributed by atoms with Crippen LogP contribution in [0.15, 0.2) is 79.3 Å². The molecule has 2 aromatic heterocycles. The summed E-state index contributed by atoms with van der Waals surface area (Å²) in [4.78, 5) is 8.66. The largest absolute Gasteiger partial charge is 0.399 e. The average molecular weight is 383 g/mol. The molecular weight excluding hydrogens is 365 g/mol. The Hall–Kier alpha value is -3.93. The van der Waals surface area contributed by atoms with Gasteiger partial charge in [0.05, 0.1) is 5.52 Å². The van der Waals surface area contributed by atoms with E-state index in [9.17, 15) is 4.39 Å². The average Bonchev–Trinajstić information content (AvgIpc) is 3.10. The third-order valence-electron chi connectivity index (χ3n) is 4.94. The Morgan fingerprint density at radius 2 is 1.90 bits per heavy atom. The van der Waals surface area contributed by atoms with Crippen LogP contribution in [-0.4, -0.2) is 14.5 Å². The standard InChI is InChI=1S/C23H18FN5/c24-17-3-1-2-15(10-17)13-29-9-8-16-11-19(5-7-22(16)29)28-23-20-12-18(25)4-6-21(20)26-14-27-23/h1-12,14H,13,25H2,(H,26,27,28). The molecule has 0 unspecified atom stereocenters. The monoisotopic (exact) mass is 383 g/mol. The van der Waals surface area contributed by atoms with Crippen LogP contribution >= 0.6 is 0 Å². The zero-order chi connectivity index (χ0) is 19.8. The van der Waals surface area contributed by atoms with Crippen molar-refractivity contribution in [1.29, 1.82) is 0 Å². The van der Waals surface area contributed by atoms with Gasteiger partial charge in [0.15, 0.2) is 0 Å². The number of rotatable bonds is 4. The van der Waals surface area contributed by atoms with Gasteiger partial charge in [-0.3, -0.25) is 0 Å². The number of nitrogens with one attached hydrogen (secondary N) is 1. The van der Waals surface area contributed by atoms with Gasteiger partial charge in [-0.25, -0.2) is 14.4 Å². The zero-order valence-corrected chi connectivity index (χ0v) is 15.5. The van der Waals surface area contributed by atoms with E-state index in [2.05, 4.69) is 38.1 Å². The molecule has 6 heteroatoms. The highest BCUT2D eigenvalue weighted by molar-refractivity contribution is 5.93. The first-order valence-electron chi connectivity index (χ1n) is 9.26. The van der Waals surface area contributed by atoms with E-state index < -0.39 is 0 Å². The predicted octanol–water partition coefficient (Wildman–Crippen LogP) is 5.10. The van der Waals surface area contributed by atoms with Crippen molar-refractivity contribution >= 4 is 39.0 Å². The molecule has 0 atom stereocenters. The molecule has 0 spiro atoms. The smallest absolute Gasteiger partial charge is 0.141 e. The van der Waals surface area contributed by atoms with Crippen molar-refractivity contribution in [2.24, 2.45) is 0 Å². The molecule has 5 rings (SSSR count). The van der Waals surface area contributed by atoms with E-state index >= 15 is 0 Å². The fourth-order valence-electron chi connectivity index (χ4n) is 3.56. The van der Waals surface area contributed by atoms with E-state index in [0.29, 0.717) is 18.1 Å². The molecule has 3 N–H and O–H groups in total. The number of hydrogen-bond donors (Lipinski definition) is 2. The minimum Gasteiger partial charge on any atom is -0.399 e. The maximum absolute atomic E-state index is 13.5. The highest BCUT2D eigenvalue weighted by Crippen LogP contribution is 2.27. The normalized spacial score (nSPS) is 11.2. The Balaban J connectivity index is 1.46. The van der Waals surface area contributed by atoms with Gasteiger partial charge in [0, 0.05) is 40.4 Å². The van der Waals surface area contributed by atoms with Crippen LogP contribution in [0.2, 0.25) is 0 Å². The maximum atomic E-state index is 13.5. The lowest BCUT2D eigenvalue weighted by Crippen LogP contribution is -1.99. The van der Waals surface area contributed by atoms with Gasteiger partial charge in [0.2, 0.25) is 0 Å². The van der Waals surface area contributed by atoms with Crippen molar-refractivity contribution in [2.45, 2.75) is 6.54 Å². The van der Waals surface area contributed by atoms with E-state index in [1.165, 1.54) is 12.4 Å². The Morgan fingerprint density at radius 1 is 0.966 bits per heavy atom. The van der Waals surface area contributed by atoms with Crippen LogP contribution in [-0.2, 0) is 6.54 Å². The molecule has 3 aromatic carbocycles. The fourth-order valence-corrected chi connectivity index (χ4v) is 3.56. The number of nitrogen functional groups attached to an aromatic ring is 1. The number of nitrogens with zero attached hydrogens (tertiary/aromatic N) is 3. The SMILES string of the molecule is Nc1ccc2ncnc(Nc3ccc4c(ccn4Cc4cccc(F)c4)c3)c2c1. The van der Waals surface area contributed by atoms with Crippen LogP contribution in [0, 0.1) is 5.82 Å². The van der Waals surface area contributed by atoms with E-state index in [4.69, 9.17) is 5.73 Å². The van der Waals surface area contributed by atoms with Gasteiger partial charge in [0.25, 0.3) is 0 Å². The number of aromatic nitrogens is 3. The first-order valence-corrected chi connectivity index (χ1v) is 9.26. The molecule has 0 aliphatic rings. The van der Waals surface area contributed by atoms with E-state index in [0.717, 1.165) is 33.1 Å². The Bertz CT molecular complexity index is 1340. The number of fused-ring (bicyclic) bond motifs is 2. The van der Waals surface area contributed by atoms with Crippen LogP contribution in [0.5, 0.6) is 0 Å². The molecule has 0 radical (unpaired) electrons. The number of benzene rings is 3. The molecule has 29 heavy (non-hydrogen) atoms. The summed E-state index contributed by atoms with van der Waals surface area (Å²) in [7, 11) is 0. The molecule has 0 saturated carbocycles. The summed E-state index contributed by atoms with van der Waals surface area (Å²) in [6.45, 7) is 0.615. The molecule has 0 amide bonds. The summed E-state index contributed by atoms with van der Waals surface area (Å²) in [6, 6.07) is 20.4. The van der Waals surface area contributed by atoms with Crippen LogP contribution < -0.4 is 11.1 Å². The van der Waals surface area contributed by atoms with E-state index in [1.54, 1.807) is 12.1 Å². The molecule has 0 bridgehead atoms. The van der Waals surface area contributed by atoms with Crippen molar-refractivity contribution in [3.05, 3.63) is 90.6 Å². The second kappa shape index (κ2) is 6.91. The Morgan fingerprint density at radius 3 is 2.79 bits per heavy atom. The van der Waals surface area contributed by atoms with Crippen LogP contribution in [0.1, 0.15) is 5.56 Å². The topological polar surface area (TPSA) is 68.8 Å². The minimum atomic E-state index is -0.219. The highest BCUT2D eigenvalue weighted by Gasteiger charge is 2.07. The van der Waals surface area contributed by atoms with Gasteiger partial charge >= 0.3 is 0 Å². The Kier molecular flexibility index (Phi) is 4.09. The minimum absolute atomic E-state index is 0.219. The maximum Gasteiger partial charge on any atom is 0.141 e. The summed E-state index contributed by atoms with van der Waals surface area (Å²) in [6.07, 6.45) is 3.55. The van der Waals surface area contributed by atoms with Gasteiger partial charge in [-0.2, -0.15) is 0 Å². The fraction of sp³-hybridized carbons (Fsp3) is 0.0435. The van der Waals surface area contributed by atoms with Crippen molar-refractivity contribution in [1.82, 2.24) is 14.5 Å². The van der Waals surface area contributed by atoms with Gasteiger partial charge < -0.3 is 15.6 Å². The van der Waals surface area contributed by atoms with Gasteiger partial charge in [0.1, 0.15) is 18.0 Å². The molecule has 0 fully saturated rings. The molecule has 5 aromatic rings. The molecule has 0 saturated heterocycles. The lowest BCUT2D eigenvalue weighted by molar-refractivity contribution is 0.624. The predicted molar refractivity (Wildman–Crippen MR) is 115 cm³/mol. The number of nitrogens with two attached hydrogens (primary N) is 1. The lowest BCUT2D eigenvalue weighted by atomic mass is 10.2. The number of anilines is 3. The van der Waals surface area contributed by atoms with Crippen molar-refractivity contribution < 1.29 is 4.39 Å².